The molecule has 0 atom stereocenters. The largest absolute Gasteiger partial charge is 0.488 e. The number of benzene rings is 1. The molecule has 4 nitrogen and oxygen atoms in total. The van der Waals surface area contributed by atoms with Gasteiger partial charge in [0, 0.05) is 12.1 Å². The number of carbonyl (C=O) groups excluding carboxylic acids is 1. The first kappa shape index (κ1) is 8.28. The van der Waals surface area contributed by atoms with Crippen molar-refractivity contribution in [2.45, 2.75) is 6.54 Å². The molecule has 0 unspecified atom stereocenters. The van der Waals surface area contributed by atoms with Crippen molar-refractivity contribution in [1.29, 1.82) is 0 Å². The molecule has 1 aliphatic heterocycles. The molecule has 1 heterocycles. The molecule has 3 N–H and O–H groups in total. The summed E-state index contributed by atoms with van der Waals surface area (Å²) < 4.78 is 0. The highest BCUT2D eigenvalue weighted by Gasteiger charge is 2.25. The highest BCUT2D eigenvalue weighted by molar-refractivity contribution is 6.59. The van der Waals surface area contributed by atoms with E-state index >= 15 is 0 Å². The minimum Gasteiger partial charge on any atom is -0.423 e. The molecule has 1 aromatic carbocycles. The second kappa shape index (κ2) is 2.87. The Morgan fingerprint density at radius 1 is 1.38 bits per heavy atom. The van der Waals surface area contributed by atoms with Crippen LogP contribution in [0.25, 0.3) is 0 Å². The standard InChI is InChI=1S/C8H8BNO3/c11-8-5-2-1-3-7(9(12)13)6(5)4-10-8/h1-3,12-13H,4H2,(H,10,11). The number of fused-ring (bicyclic) bond motifs is 1. The van der Waals surface area contributed by atoms with Gasteiger partial charge in [-0.3, -0.25) is 4.79 Å². The highest BCUT2D eigenvalue weighted by atomic mass is 16.4. The number of nitrogens with one attached hydrogen (secondary N) is 1. The van der Waals surface area contributed by atoms with Crippen molar-refractivity contribution in [2.24, 2.45) is 0 Å². The molecule has 0 radical (unpaired) electrons. The summed E-state index contributed by atoms with van der Waals surface area (Å²) in [6.45, 7) is 0.377. The van der Waals surface area contributed by atoms with Gasteiger partial charge < -0.3 is 15.4 Å². The van der Waals surface area contributed by atoms with E-state index in [1.165, 1.54) is 0 Å². The Hall–Kier alpha value is -1.33. The molecule has 0 aliphatic carbocycles. The SMILES string of the molecule is O=C1NCc2c(B(O)O)cccc21. The maximum absolute atomic E-state index is 11.2. The third-order valence-corrected chi connectivity index (χ3v) is 2.16. The van der Waals surface area contributed by atoms with Crippen LogP contribution in [0.15, 0.2) is 18.2 Å². The molecular weight excluding hydrogens is 169 g/mol. The maximum Gasteiger partial charge on any atom is 0.488 e. The van der Waals surface area contributed by atoms with Gasteiger partial charge in [0.2, 0.25) is 0 Å². The Bertz CT molecular complexity index is 364. The Balaban J connectivity index is 2.57. The molecule has 66 valence electrons. The summed E-state index contributed by atoms with van der Waals surface area (Å²) in [4.78, 5) is 11.2. The number of amides is 1. The van der Waals surface area contributed by atoms with Crippen molar-refractivity contribution >= 4 is 18.5 Å². The van der Waals surface area contributed by atoms with E-state index in [4.69, 9.17) is 10.0 Å². The summed E-state index contributed by atoms with van der Waals surface area (Å²) in [6.07, 6.45) is 0. The van der Waals surface area contributed by atoms with Gasteiger partial charge in [0.05, 0.1) is 0 Å². The first-order valence-electron chi connectivity index (χ1n) is 3.96. The normalized spacial score (nSPS) is 13.8. The Morgan fingerprint density at radius 3 is 2.85 bits per heavy atom. The molecule has 13 heavy (non-hydrogen) atoms. The molecule has 1 aliphatic rings. The van der Waals surface area contributed by atoms with Crippen LogP contribution in [0.3, 0.4) is 0 Å². The van der Waals surface area contributed by atoms with Crippen LogP contribution in [0.5, 0.6) is 0 Å². The van der Waals surface area contributed by atoms with E-state index in [9.17, 15) is 4.79 Å². The van der Waals surface area contributed by atoms with Crippen molar-refractivity contribution in [3.63, 3.8) is 0 Å². The summed E-state index contributed by atoms with van der Waals surface area (Å²) in [6, 6.07) is 4.91. The van der Waals surface area contributed by atoms with Crippen LogP contribution in [-0.4, -0.2) is 23.1 Å². The average molecular weight is 177 g/mol. The molecule has 0 spiro atoms. The zero-order chi connectivity index (χ0) is 9.42. The Labute approximate surface area is 75.3 Å². The molecule has 2 rings (SSSR count). The van der Waals surface area contributed by atoms with Crippen LogP contribution in [0, 0.1) is 0 Å². The van der Waals surface area contributed by atoms with E-state index in [1.54, 1.807) is 18.2 Å². The Morgan fingerprint density at radius 2 is 2.15 bits per heavy atom. The van der Waals surface area contributed by atoms with E-state index in [1.807, 2.05) is 0 Å². The third kappa shape index (κ3) is 1.22. The lowest BCUT2D eigenvalue weighted by atomic mass is 9.76. The topological polar surface area (TPSA) is 69.6 Å². The first-order valence-corrected chi connectivity index (χ1v) is 3.96. The van der Waals surface area contributed by atoms with Gasteiger partial charge in [0.15, 0.2) is 0 Å². The highest BCUT2D eigenvalue weighted by Crippen LogP contribution is 2.12. The van der Waals surface area contributed by atoms with Crippen molar-refractivity contribution in [1.82, 2.24) is 5.32 Å². The van der Waals surface area contributed by atoms with Gasteiger partial charge in [0.25, 0.3) is 5.91 Å². The molecular formula is C8H8BNO3. The fraction of sp³-hybridized carbons (Fsp3) is 0.125. The van der Waals surface area contributed by atoms with Crippen molar-refractivity contribution in [3.05, 3.63) is 29.3 Å². The molecule has 0 fully saturated rings. The van der Waals surface area contributed by atoms with Gasteiger partial charge in [0.1, 0.15) is 0 Å². The lowest BCUT2D eigenvalue weighted by molar-refractivity contribution is 0.0966. The van der Waals surface area contributed by atoms with E-state index in [-0.39, 0.29) is 5.91 Å². The van der Waals surface area contributed by atoms with Crippen LogP contribution in [-0.2, 0) is 6.54 Å². The lowest BCUT2D eigenvalue weighted by Crippen LogP contribution is -2.33. The minimum atomic E-state index is -1.51. The van der Waals surface area contributed by atoms with Crippen LogP contribution in [0.4, 0.5) is 0 Å². The fourth-order valence-electron chi connectivity index (χ4n) is 1.52. The van der Waals surface area contributed by atoms with Crippen molar-refractivity contribution < 1.29 is 14.8 Å². The third-order valence-electron chi connectivity index (χ3n) is 2.16. The van der Waals surface area contributed by atoms with Gasteiger partial charge in [-0.25, -0.2) is 0 Å². The van der Waals surface area contributed by atoms with E-state index in [0.29, 0.717) is 23.1 Å². The quantitative estimate of drug-likeness (QED) is 0.462. The second-order valence-electron chi connectivity index (χ2n) is 2.93. The predicted octanol–water partition coefficient (Wildman–Crippen LogP) is -1.39. The fourth-order valence-corrected chi connectivity index (χ4v) is 1.52. The number of hydrogen-bond donors (Lipinski definition) is 3. The molecule has 0 saturated carbocycles. The minimum absolute atomic E-state index is 0.155. The lowest BCUT2D eigenvalue weighted by Gasteiger charge is -2.03. The zero-order valence-corrected chi connectivity index (χ0v) is 6.82. The van der Waals surface area contributed by atoms with Crippen LogP contribution < -0.4 is 10.8 Å². The smallest absolute Gasteiger partial charge is 0.423 e. The number of hydrogen-bond acceptors (Lipinski definition) is 3. The molecule has 0 aromatic heterocycles. The summed E-state index contributed by atoms with van der Waals surface area (Å²) in [5.74, 6) is -0.155. The molecule has 1 amide bonds. The molecule has 0 saturated heterocycles. The van der Waals surface area contributed by atoms with Crippen LogP contribution in [0.2, 0.25) is 0 Å². The van der Waals surface area contributed by atoms with Crippen LogP contribution >= 0.6 is 0 Å². The van der Waals surface area contributed by atoms with E-state index in [2.05, 4.69) is 5.32 Å². The van der Waals surface area contributed by atoms with Gasteiger partial charge >= 0.3 is 7.12 Å². The number of carbonyl (C=O) groups is 1. The van der Waals surface area contributed by atoms with Gasteiger partial charge in [-0.2, -0.15) is 0 Å². The monoisotopic (exact) mass is 177 g/mol. The first-order chi connectivity index (χ1) is 6.20. The van der Waals surface area contributed by atoms with Gasteiger partial charge in [-0.05, 0) is 17.1 Å². The summed E-state index contributed by atoms with van der Waals surface area (Å²) in [5.41, 5.74) is 1.61. The predicted molar refractivity (Wildman–Crippen MR) is 47.4 cm³/mol. The molecule has 1 aromatic rings. The Kier molecular flexibility index (Phi) is 1.83. The summed E-state index contributed by atoms with van der Waals surface area (Å²) in [5, 5.41) is 20.6. The molecule has 5 heteroatoms. The van der Waals surface area contributed by atoms with E-state index < -0.39 is 7.12 Å². The van der Waals surface area contributed by atoms with Crippen LogP contribution in [0.1, 0.15) is 15.9 Å². The number of rotatable bonds is 1. The van der Waals surface area contributed by atoms with Gasteiger partial charge in [-0.15, -0.1) is 0 Å². The maximum atomic E-state index is 11.2. The summed E-state index contributed by atoms with van der Waals surface area (Å²) >= 11 is 0. The summed E-state index contributed by atoms with van der Waals surface area (Å²) in [7, 11) is -1.51. The average Bonchev–Trinajstić information content (AvgIpc) is 2.48. The van der Waals surface area contributed by atoms with Crippen molar-refractivity contribution in [3.8, 4) is 0 Å². The zero-order valence-electron chi connectivity index (χ0n) is 6.82. The van der Waals surface area contributed by atoms with Crippen molar-refractivity contribution in [2.75, 3.05) is 0 Å². The second-order valence-corrected chi connectivity index (χ2v) is 2.93. The van der Waals surface area contributed by atoms with Gasteiger partial charge in [-0.1, -0.05) is 12.1 Å². The molecule has 0 bridgehead atoms. The van der Waals surface area contributed by atoms with E-state index in [0.717, 1.165) is 0 Å².